The Kier molecular flexibility index (Phi) is 5.26. The predicted octanol–water partition coefficient (Wildman–Crippen LogP) is 3.69. The standard InChI is InChI=1S/C16H25ClN2/c1-3-16(4-2)13-19(10-6-9-18-16)12-14-7-5-8-15(17)11-14/h5,7-8,11,18H,3-4,6,9-10,12-13H2,1-2H3. The fraction of sp³-hybridized carbons (Fsp3) is 0.625. The second-order valence-corrected chi connectivity index (χ2v) is 6.04. The predicted molar refractivity (Wildman–Crippen MR) is 82.7 cm³/mol. The van der Waals surface area contributed by atoms with Crippen LogP contribution in [0.1, 0.15) is 38.7 Å². The number of rotatable bonds is 4. The summed E-state index contributed by atoms with van der Waals surface area (Å²) >= 11 is 6.07. The largest absolute Gasteiger partial charge is 0.310 e. The van der Waals surface area contributed by atoms with Crippen LogP contribution >= 0.6 is 11.6 Å². The molecule has 1 fully saturated rings. The van der Waals surface area contributed by atoms with Gasteiger partial charge in [-0.2, -0.15) is 0 Å². The van der Waals surface area contributed by atoms with Gasteiger partial charge in [0.15, 0.2) is 0 Å². The maximum Gasteiger partial charge on any atom is 0.0409 e. The van der Waals surface area contributed by atoms with Crippen LogP contribution in [-0.2, 0) is 6.54 Å². The molecule has 1 aliphatic heterocycles. The smallest absolute Gasteiger partial charge is 0.0409 e. The van der Waals surface area contributed by atoms with Crippen LogP contribution < -0.4 is 5.32 Å². The van der Waals surface area contributed by atoms with Crippen LogP contribution in [0.5, 0.6) is 0 Å². The lowest BCUT2D eigenvalue weighted by molar-refractivity contribution is 0.191. The first-order valence-electron chi connectivity index (χ1n) is 7.39. The van der Waals surface area contributed by atoms with Crippen molar-refractivity contribution in [3.05, 3.63) is 34.9 Å². The Morgan fingerprint density at radius 3 is 2.79 bits per heavy atom. The summed E-state index contributed by atoms with van der Waals surface area (Å²) in [6.45, 7) is 9.02. The first-order chi connectivity index (χ1) is 9.17. The molecule has 1 aromatic rings. The number of halogens is 1. The molecule has 106 valence electrons. The Labute approximate surface area is 122 Å². The summed E-state index contributed by atoms with van der Waals surface area (Å²) in [4.78, 5) is 2.57. The van der Waals surface area contributed by atoms with E-state index < -0.39 is 0 Å². The molecule has 0 aliphatic carbocycles. The van der Waals surface area contributed by atoms with E-state index in [2.05, 4.69) is 36.2 Å². The van der Waals surface area contributed by atoms with Gasteiger partial charge < -0.3 is 5.32 Å². The van der Waals surface area contributed by atoms with E-state index in [1.807, 2.05) is 12.1 Å². The molecule has 1 aromatic carbocycles. The van der Waals surface area contributed by atoms with Crippen LogP contribution in [0.15, 0.2) is 24.3 Å². The zero-order valence-electron chi connectivity index (χ0n) is 12.1. The maximum absolute atomic E-state index is 6.07. The molecule has 2 nitrogen and oxygen atoms in total. The Morgan fingerprint density at radius 2 is 2.11 bits per heavy atom. The van der Waals surface area contributed by atoms with Crippen molar-refractivity contribution in [1.29, 1.82) is 0 Å². The quantitative estimate of drug-likeness (QED) is 0.905. The van der Waals surface area contributed by atoms with E-state index in [4.69, 9.17) is 11.6 Å². The van der Waals surface area contributed by atoms with E-state index in [-0.39, 0.29) is 5.54 Å². The van der Waals surface area contributed by atoms with Crippen LogP contribution in [-0.4, -0.2) is 30.1 Å². The molecule has 0 bridgehead atoms. The molecule has 0 spiro atoms. The fourth-order valence-electron chi connectivity index (χ4n) is 2.97. The van der Waals surface area contributed by atoms with Gasteiger partial charge in [0, 0.05) is 23.7 Å². The lowest BCUT2D eigenvalue weighted by Crippen LogP contribution is -2.50. The Bertz CT molecular complexity index is 401. The molecule has 0 radical (unpaired) electrons. The first kappa shape index (κ1) is 14.8. The average molecular weight is 281 g/mol. The fourth-order valence-corrected chi connectivity index (χ4v) is 3.18. The highest BCUT2D eigenvalue weighted by Crippen LogP contribution is 2.21. The summed E-state index contributed by atoms with van der Waals surface area (Å²) in [5, 5.41) is 4.59. The molecule has 2 rings (SSSR count). The van der Waals surface area contributed by atoms with Gasteiger partial charge in [0.1, 0.15) is 0 Å². The van der Waals surface area contributed by atoms with Gasteiger partial charge in [-0.05, 0) is 50.0 Å². The van der Waals surface area contributed by atoms with Gasteiger partial charge in [-0.3, -0.25) is 4.90 Å². The minimum absolute atomic E-state index is 0.287. The molecule has 1 heterocycles. The highest BCUT2D eigenvalue weighted by atomic mass is 35.5. The molecule has 0 atom stereocenters. The molecule has 1 saturated heterocycles. The van der Waals surface area contributed by atoms with Crippen LogP contribution in [0.2, 0.25) is 5.02 Å². The third-order valence-corrected chi connectivity index (χ3v) is 4.56. The highest BCUT2D eigenvalue weighted by Gasteiger charge is 2.29. The van der Waals surface area contributed by atoms with E-state index in [1.54, 1.807) is 0 Å². The highest BCUT2D eigenvalue weighted by molar-refractivity contribution is 6.30. The van der Waals surface area contributed by atoms with E-state index in [0.717, 1.165) is 24.7 Å². The van der Waals surface area contributed by atoms with Crippen molar-refractivity contribution in [3.8, 4) is 0 Å². The molecule has 1 N–H and O–H groups in total. The van der Waals surface area contributed by atoms with Crippen LogP contribution in [0.3, 0.4) is 0 Å². The third-order valence-electron chi connectivity index (χ3n) is 4.33. The third kappa shape index (κ3) is 3.95. The van der Waals surface area contributed by atoms with E-state index >= 15 is 0 Å². The summed E-state index contributed by atoms with van der Waals surface area (Å²) < 4.78 is 0. The van der Waals surface area contributed by atoms with Crippen LogP contribution in [0, 0.1) is 0 Å². The van der Waals surface area contributed by atoms with E-state index in [1.165, 1.54) is 31.4 Å². The number of hydrogen-bond acceptors (Lipinski definition) is 2. The summed E-state index contributed by atoms with van der Waals surface area (Å²) in [7, 11) is 0. The zero-order chi connectivity index (χ0) is 13.7. The Hall–Kier alpha value is -0.570. The number of hydrogen-bond donors (Lipinski definition) is 1. The summed E-state index contributed by atoms with van der Waals surface area (Å²) in [6.07, 6.45) is 3.60. The lowest BCUT2D eigenvalue weighted by atomic mass is 9.92. The maximum atomic E-state index is 6.07. The number of nitrogens with one attached hydrogen (secondary N) is 1. The van der Waals surface area contributed by atoms with E-state index in [9.17, 15) is 0 Å². The molecule has 0 saturated carbocycles. The van der Waals surface area contributed by atoms with Crippen molar-refractivity contribution in [1.82, 2.24) is 10.2 Å². The van der Waals surface area contributed by atoms with Crippen LogP contribution in [0.4, 0.5) is 0 Å². The van der Waals surface area contributed by atoms with Gasteiger partial charge >= 0.3 is 0 Å². The van der Waals surface area contributed by atoms with Crippen molar-refractivity contribution >= 4 is 11.6 Å². The average Bonchev–Trinajstić information content (AvgIpc) is 2.62. The summed E-state index contributed by atoms with van der Waals surface area (Å²) in [5.74, 6) is 0. The minimum Gasteiger partial charge on any atom is -0.310 e. The van der Waals surface area contributed by atoms with Gasteiger partial charge in [0.2, 0.25) is 0 Å². The summed E-state index contributed by atoms with van der Waals surface area (Å²) in [5.41, 5.74) is 1.60. The molecule has 0 aromatic heterocycles. The topological polar surface area (TPSA) is 15.3 Å². The molecular weight excluding hydrogens is 256 g/mol. The number of benzene rings is 1. The van der Waals surface area contributed by atoms with Crippen molar-refractivity contribution in [2.75, 3.05) is 19.6 Å². The van der Waals surface area contributed by atoms with Gasteiger partial charge in [0.25, 0.3) is 0 Å². The monoisotopic (exact) mass is 280 g/mol. The van der Waals surface area contributed by atoms with Crippen molar-refractivity contribution in [2.45, 2.75) is 45.2 Å². The van der Waals surface area contributed by atoms with Crippen LogP contribution in [0.25, 0.3) is 0 Å². The molecular formula is C16H25ClN2. The SMILES string of the molecule is CCC1(CC)CN(Cc2cccc(Cl)c2)CCCN1. The molecule has 0 unspecified atom stereocenters. The van der Waals surface area contributed by atoms with Gasteiger partial charge in [-0.25, -0.2) is 0 Å². The Morgan fingerprint density at radius 1 is 1.32 bits per heavy atom. The number of nitrogens with zero attached hydrogens (tertiary/aromatic N) is 1. The van der Waals surface area contributed by atoms with Gasteiger partial charge in [-0.1, -0.05) is 37.6 Å². The van der Waals surface area contributed by atoms with Crippen molar-refractivity contribution in [3.63, 3.8) is 0 Å². The minimum atomic E-state index is 0.287. The van der Waals surface area contributed by atoms with Crippen molar-refractivity contribution in [2.24, 2.45) is 0 Å². The lowest BCUT2D eigenvalue weighted by Gasteiger charge is -2.35. The second-order valence-electron chi connectivity index (χ2n) is 5.61. The normalized spacial score (nSPS) is 20.2. The first-order valence-corrected chi connectivity index (χ1v) is 7.77. The van der Waals surface area contributed by atoms with Crippen molar-refractivity contribution < 1.29 is 0 Å². The molecule has 19 heavy (non-hydrogen) atoms. The second kappa shape index (κ2) is 6.74. The molecule has 1 aliphatic rings. The Balaban J connectivity index is 2.06. The van der Waals surface area contributed by atoms with Gasteiger partial charge in [0.05, 0.1) is 0 Å². The van der Waals surface area contributed by atoms with Gasteiger partial charge in [-0.15, -0.1) is 0 Å². The summed E-state index contributed by atoms with van der Waals surface area (Å²) in [6, 6.07) is 8.24. The molecule has 0 amide bonds. The molecule has 3 heteroatoms. The van der Waals surface area contributed by atoms with E-state index in [0.29, 0.717) is 0 Å². The zero-order valence-corrected chi connectivity index (χ0v) is 12.8.